The van der Waals surface area contributed by atoms with Gasteiger partial charge in [-0.1, -0.05) is 6.04 Å². The number of urea groups is 1. The Morgan fingerprint density at radius 2 is 1.76 bits per heavy atom. The molecule has 0 saturated carbocycles. The van der Waals surface area contributed by atoms with Gasteiger partial charge in [0.05, 0.1) is 10.5 Å². The van der Waals surface area contributed by atoms with Gasteiger partial charge in [0, 0.05) is 16.8 Å². The highest BCUT2D eigenvalue weighted by molar-refractivity contribution is 7.90. The lowest BCUT2D eigenvalue weighted by molar-refractivity contribution is -0.137. The smallest absolute Gasteiger partial charge is 0.337 e. The van der Waals surface area contributed by atoms with Crippen molar-refractivity contribution in [3.63, 3.8) is 0 Å². The fourth-order valence-corrected chi connectivity index (χ4v) is 2.44. The van der Waals surface area contributed by atoms with Crippen molar-refractivity contribution in [2.24, 2.45) is 0 Å². The first-order valence-electron chi connectivity index (χ1n) is 5.79. The molecule has 1 aromatic carbocycles. The molecular formula is C11H12F3N2O3SSi. The summed E-state index contributed by atoms with van der Waals surface area (Å²) in [7, 11) is -1.02. The summed E-state index contributed by atoms with van der Waals surface area (Å²) in [5.41, 5.74) is -0.969. The zero-order valence-electron chi connectivity index (χ0n) is 10.7. The first-order chi connectivity index (χ1) is 9.66. The second kappa shape index (κ2) is 6.94. The van der Waals surface area contributed by atoms with E-state index in [1.807, 2.05) is 0 Å². The molecule has 115 valence electrons. The highest BCUT2D eigenvalue weighted by Gasteiger charge is 2.30. The number of carbonyl (C=O) groups excluding carboxylic acids is 1. The number of amides is 2. The molecule has 0 atom stereocenters. The lowest BCUT2D eigenvalue weighted by Gasteiger charge is -2.10. The third-order valence-electron chi connectivity index (χ3n) is 2.36. The summed E-state index contributed by atoms with van der Waals surface area (Å²) in [6, 6.07) is 2.54. The predicted molar refractivity (Wildman–Crippen MR) is 70.3 cm³/mol. The van der Waals surface area contributed by atoms with E-state index in [0.717, 1.165) is 12.1 Å². The Labute approximate surface area is 123 Å². The molecule has 0 fully saturated rings. The predicted octanol–water partition coefficient (Wildman–Crippen LogP) is 1.67. The molecule has 0 aromatic heterocycles. The minimum atomic E-state index is -4.55. The summed E-state index contributed by atoms with van der Waals surface area (Å²) in [5.74, 6) is 0. The van der Waals surface area contributed by atoms with Gasteiger partial charge in [-0.3, -0.25) is 0 Å². The van der Waals surface area contributed by atoms with Crippen molar-refractivity contribution >= 4 is 26.3 Å². The zero-order valence-corrected chi connectivity index (χ0v) is 12.5. The van der Waals surface area contributed by atoms with Gasteiger partial charge in [0.1, 0.15) is 0 Å². The van der Waals surface area contributed by atoms with Crippen molar-refractivity contribution in [2.75, 3.05) is 6.54 Å². The molecule has 0 unspecified atom stereocenters. The van der Waals surface area contributed by atoms with Crippen LogP contribution in [0.5, 0.6) is 0 Å². The van der Waals surface area contributed by atoms with Crippen LogP contribution in [0.3, 0.4) is 0 Å². The van der Waals surface area contributed by atoms with Crippen molar-refractivity contribution in [2.45, 2.75) is 23.5 Å². The van der Waals surface area contributed by atoms with E-state index in [0.29, 0.717) is 24.6 Å². The number of benzene rings is 1. The average molecular weight is 337 g/mol. The summed E-state index contributed by atoms with van der Waals surface area (Å²) in [5, 5.41) is 2.30. The molecule has 0 aliphatic carbocycles. The first kappa shape index (κ1) is 17.5. The first-order valence-corrected chi connectivity index (χ1v) is 7.98. The normalized spacial score (nSPS) is 12.0. The van der Waals surface area contributed by atoms with Gasteiger partial charge in [0.2, 0.25) is 0 Å². The zero-order chi connectivity index (χ0) is 16.1. The Morgan fingerprint density at radius 1 is 1.19 bits per heavy atom. The van der Waals surface area contributed by atoms with Crippen molar-refractivity contribution in [3.8, 4) is 0 Å². The van der Waals surface area contributed by atoms with Gasteiger partial charge in [0.25, 0.3) is 10.0 Å². The number of hydrogen-bond donors (Lipinski definition) is 2. The molecule has 0 bridgehead atoms. The molecule has 1 rings (SSSR count). The Balaban J connectivity index is 2.77. The Bertz CT molecular complexity index is 588. The monoisotopic (exact) mass is 337 g/mol. The number of carbonyl (C=O) groups is 1. The van der Waals surface area contributed by atoms with E-state index in [9.17, 15) is 26.4 Å². The standard InChI is InChI=1S/C11H12F3N2O3SSi/c12-11(13,14)8-2-4-9(5-3-8)20(18,19)16-10(17)15-6-1-7-21/h2-5H,1,6-7H2,(H2,15,16,17). The van der Waals surface area contributed by atoms with E-state index in [2.05, 4.69) is 15.6 Å². The van der Waals surface area contributed by atoms with Gasteiger partial charge in [-0.15, -0.1) is 0 Å². The van der Waals surface area contributed by atoms with Gasteiger partial charge < -0.3 is 5.32 Å². The lowest BCUT2D eigenvalue weighted by Crippen LogP contribution is -2.39. The van der Waals surface area contributed by atoms with Gasteiger partial charge in [-0.25, -0.2) is 17.9 Å². The molecule has 0 heterocycles. The molecule has 0 aliphatic rings. The second-order valence-corrected chi connectivity index (χ2v) is 6.17. The van der Waals surface area contributed by atoms with Gasteiger partial charge in [-0.05, 0) is 30.7 Å². The summed E-state index contributed by atoms with van der Waals surface area (Å²) in [4.78, 5) is 10.9. The maximum Gasteiger partial charge on any atom is 0.416 e. The van der Waals surface area contributed by atoms with Crippen molar-refractivity contribution in [1.82, 2.24) is 10.0 Å². The van der Waals surface area contributed by atoms with Crippen molar-refractivity contribution < 1.29 is 26.4 Å². The Morgan fingerprint density at radius 3 is 2.24 bits per heavy atom. The highest BCUT2D eigenvalue weighted by Crippen LogP contribution is 2.29. The van der Waals surface area contributed by atoms with E-state index in [1.54, 1.807) is 4.72 Å². The lowest BCUT2D eigenvalue weighted by atomic mass is 10.2. The maximum atomic E-state index is 12.4. The van der Waals surface area contributed by atoms with E-state index < -0.39 is 32.7 Å². The Hall–Kier alpha value is -1.55. The summed E-state index contributed by atoms with van der Waals surface area (Å²) >= 11 is 0. The molecule has 1 aromatic rings. The minimum Gasteiger partial charge on any atom is -0.337 e. The molecule has 2 N–H and O–H groups in total. The third-order valence-corrected chi connectivity index (χ3v) is 4.06. The molecule has 0 spiro atoms. The highest BCUT2D eigenvalue weighted by atomic mass is 32.2. The van der Waals surface area contributed by atoms with Gasteiger partial charge in [0.15, 0.2) is 0 Å². The SMILES string of the molecule is O=C(NCCC[Si])NS(=O)(=O)c1ccc(C(F)(F)F)cc1. The molecule has 21 heavy (non-hydrogen) atoms. The average Bonchev–Trinajstić information content (AvgIpc) is 2.37. The largest absolute Gasteiger partial charge is 0.416 e. The Kier molecular flexibility index (Phi) is 5.78. The summed E-state index contributed by atoms with van der Waals surface area (Å²) in [6.45, 7) is 0.262. The second-order valence-electron chi connectivity index (χ2n) is 3.99. The summed E-state index contributed by atoms with van der Waals surface area (Å²) < 4.78 is 62.4. The number of alkyl halides is 3. The van der Waals surface area contributed by atoms with E-state index in [-0.39, 0.29) is 6.54 Å². The molecule has 0 saturated heterocycles. The molecule has 10 heteroatoms. The van der Waals surface area contributed by atoms with Crippen LogP contribution in [0.2, 0.25) is 6.04 Å². The fraction of sp³-hybridized carbons (Fsp3) is 0.364. The molecule has 0 aliphatic heterocycles. The van der Waals surface area contributed by atoms with Crippen molar-refractivity contribution in [3.05, 3.63) is 29.8 Å². The van der Waals surface area contributed by atoms with Crippen LogP contribution in [0.15, 0.2) is 29.2 Å². The van der Waals surface area contributed by atoms with Crippen LogP contribution >= 0.6 is 0 Å². The van der Waals surface area contributed by atoms with Crippen LogP contribution in [0.1, 0.15) is 12.0 Å². The number of hydrogen-bond acceptors (Lipinski definition) is 3. The third kappa shape index (κ3) is 5.38. The van der Waals surface area contributed by atoms with Crippen LogP contribution in [-0.4, -0.2) is 31.2 Å². The fourth-order valence-electron chi connectivity index (χ4n) is 1.33. The van der Waals surface area contributed by atoms with Crippen LogP contribution in [0.4, 0.5) is 18.0 Å². The van der Waals surface area contributed by atoms with Crippen molar-refractivity contribution in [1.29, 1.82) is 0 Å². The van der Waals surface area contributed by atoms with Gasteiger partial charge >= 0.3 is 12.2 Å². The number of sulfonamides is 1. The summed E-state index contributed by atoms with van der Waals surface area (Å²) in [6.07, 6.45) is -3.95. The van der Waals surface area contributed by atoms with E-state index >= 15 is 0 Å². The van der Waals surface area contributed by atoms with Crippen LogP contribution in [0.25, 0.3) is 0 Å². The number of rotatable bonds is 5. The quantitative estimate of drug-likeness (QED) is 0.634. The van der Waals surface area contributed by atoms with Crippen LogP contribution < -0.4 is 10.0 Å². The number of halogens is 3. The maximum absolute atomic E-state index is 12.4. The molecule has 3 radical (unpaired) electrons. The minimum absolute atomic E-state index is 0.262. The van der Waals surface area contributed by atoms with E-state index in [1.165, 1.54) is 0 Å². The van der Waals surface area contributed by atoms with Crippen LogP contribution in [-0.2, 0) is 16.2 Å². The molecule has 2 amide bonds. The topological polar surface area (TPSA) is 75.3 Å². The molecular weight excluding hydrogens is 325 g/mol. The van der Waals surface area contributed by atoms with Gasteiger partial charge in [-0.2, -0.15) is 13.2 Å². The molecule has 5 nitrogen and oxygen atoms in total. The number of nitrogens with one attached hydrogen (secondary N) is 2. The van der Waals surface area contributed by atoms with Crippen LogP contribution in [0, 0.1) is 0 Å². The van der Waals surface area contributed by atoms with E-state index in [4.69, 9.17) is 0 Å².